The van der Waals surface area contributed by atoms with Gasteiger partial charge in [0.15, 0.2) is 5.16 Å². The fourth-order valence-electron chi connectivity index (χ4n) is 2.88. The zero-order chi connectivity index (χ0) is 14.8. The summed E-state index contributed by atoms with van der Waals surface area (Å²) in [5.41, 5.74) is 1.88. The van der Waals surface area contributed by atoms with E-state index >= 15 is 0 Å². The Balaban J connectivity index is 1.75. The number of fused-ring (bicyclic) bond motifs is 2. The zero-order valence-electron chi connectivity index (χ0n) is 12.1. The summed E-state index contributed by atoms with van der Waals surface area (Å²) in [6, 6.07) is -0.0848. The van der Waals surface area contributed by atoms with Crippen molar-refractivity contribution in [2.24, 2.45) is 0 Å². The third kappa shape index (κ3) is 2.85. The van der Waals surface area contributed by atoms with Gasteiger partial charge in [0.05, 0.1) is 18.3 Å². The Morgan fingerprint density at radius 2 is 2.38 bits per heavy atom. The minimum absolute atomic E-state index is 0.0436. The predicted molar refractivity (Wildman–Crippen MR) is 79.8 cm³/mol. The molecule has 0 spiro atoms. The highest BCUT2D eigenvalue weighted by Gasteiger charge is 2.30. The van der Waals surface area contributed by atoms with Crippen LogP contribution in [0, 0.1) is 0 Å². The average molecular weight is 309 g/mol. The quantitative estimate of drug-likeness (QED) is 0.634. The first-order valence-electron chi connectivity index (χ1n) is 7.23. The molecule has 0 saturated carbocycles. The Hall–Kier alpha value is -1.34. The highest BCUT2D eigenvalue weighted by atomic mass is 32.2. The molecule has 1 aliphatic carbocycles. The van der Waals surface area contributed by atoms with Crippen LogP contribution in [0.25, 0.3) is 0 Å². The molecule has 0 saturated heterocycles. The lowest BCUT2D eigenvalue weighted by Gasteiger charge is -2.14. The van der Waals surface area contributed by atoms with Crippen LogP contribution in [0.1, 0.15) is 30.1 Å². The number of methoxy groups -OCH3 is 1. The van der Waals surface area contributed by atoms with Gasteiger partial charge in [-0.1, -0.05) is 11.8 Å². The van der Waals surface area contributed by atoms with E-state index < -0.39 is 0 Å². The van der Waals surface area contributed by atoms with Crippen molar-refractivity contribution in [1.82, 2.24) is 14.9 Å². The number of rotatable bonds is 5. The van der Waals surface area contributed by atoms with Gasteiger partial charge in [0, 0.05) is 31.4 Å². The van der Waals surface area contributed by atoms with Crippen LogP contribution < -0.4 is 10.9 Å². The van der Waals surface area contributed by atoms with E-state index in [1.165, 1.54) is 0 Å². The Morgan fingerprint density at radius 3 is 3.19 bits per heavy atom. The van der Waals surface area contributed by atoms with Gasteiger partial charge in [0.25, 0.3) is 5.56 Å². The second kappa shape index (κ2) is 6.19. The molecule has 7 heteroatoms. The number of aryl methyl sites for hydroxylation is 1. The number of nitrogens with one attached hydrogen (secondary N) is 1. The van der Waals surface area contributed by atoms with Crippen molar-refractivity contribution in [2.45, 2.75) is 36.9 Å². The smallest absolute Gasteiger partial charge is 0.257 e. The van der Waals surface area contributed by atoms with E-state index in [2.05, 4.69) is 10.3 Å². The maximum atomic E-state index is 12.6. The Morgan fingerprint density at radius 1 is 1.52 bits per heavy atom. The van der Waals surface area contributed by atoms with E-state index in [0.29, 0.717) is 19.6 Å². The van der Waals surface area contributed by atoms with E-state index in [1.54, 1.807) is 23.4 Å². The van der Waals surface area contributed by atoms with Crippen molar-refractivity contribution in [2.75, 3.05) is 26.0 Å². The number of nitrogens with zero attached hydrogens (tertiary/aromatic N) is 2. The summed E-state index contributed by atoms with van der Waals surface area (Å²) in [5.74, 6) is 0.695. The van der Waals surface area contributed by atoms with Gasteiger partial charge in [-0.25, -0.2) is 4.98 Å². The van der Waals surface area contributed by atoms with Crippen LogP contribution in [0.15, 0.2) is 9.95 Å². The lowest BCUT2D eigenvalue weighted by Crippen LogP contribution is -2.33. The van der Waals surface area contributed by atoms with Crippen LogP contribution in [-0.2, 0) is 22.4 Å². The summed E-state index contributed by atoms with van der Waals surface area (Å²) < 4.78 is 6.63. The van der Waals surface area contributed by atoms with Gasteiger partial charge in [0.1, 0.15) is 0 Å². The monoisotopic (exact) mass is 309 g/mol. The molecule has 0 unspecified atom stereocenters. The third-order valence-corrected chi connectivity index (χ3v) is 5.02. The number of ether oxygens (including phenoxy) is 1. The highest BCUT2D eigenvalue weighted by Crippen LogP contribution is 2.33. The Labute approximate surface area is 127 Å². The van der Waals surface area contributed by atoms with Crippen molar-refractivity contribution < 1.29 is 9.53 Å². The molecule has 1 N–H and O–H groups in total. The van der Waals surface area contributed by atoms with Gasteiger partial charge in [0.2, 0.25) is 5.91 Å². The number of carbonyl (C=O) groups is 1. The zero-order valence-corrected chi connectivity index (χ0v) is 12.9. The molecule has 1 atom stereocenters. The largest absolute Gasteiger partial charge is 0.383 e. The van der Waals surface area contributed by atoms with E-state index in [1.807, 2.05) is 0 Å². The summed E-state index contributed by atoms with van der Waals surface area (Å²) in [4.78, 5) is 29.1. The van der Waals surface area contributed by atoms with Gasteiger partial charge < -0.3 is 10.1 Å². The van der Waals surface area contributed by atoms with Crippen molar-refractivity contribution >= 4 is 17.7 Å². The Kier molecular flexibility index (Phi) is 4.30. The van der Waals surface area contributed by atoms with Gasteiger partial charge in [-0.05, 0) is 19.3 Å². The molecule has 1 aliphatic heterocycles. The van der Waals surface area contributed by atoms with Crippen LogP contribution in [0.4, 0.5) is 0 Å². The van der Waals surface area contributed by atoms with Crippen LogP contribution in [-0.4, -0.2) is 41.5 Å². The number of amides is 1. The molecule has 2 heterocycles. The predicted octanol–water partition coefficient (Wildman–Crippen LogP) is 0.531. The van der Waals surface area contributed by atoms with Crippen molar-refractivity contribution in [3.05, 3.63) is 21.6 Å². The molecule has 6 nitrogen and oxygen atoms in total. The first kappa shape index (κ1) is 14.6. The van der Waals surface area contributed by atoms with Crippen molar-refractivity contribution in [3.8, 4) is 0 Å². The maximum Gasteiger partial charge on any atom is 0.257 e. The van der Waals surface area contributed by atoms with E-state index in [0.717, 1.165) is 41.4 Å². The molecule has 21 heavy (non-hydrogen) atoms. The standard InChI is InChI=1S/C14H19N3O3S/c1-20-6-5-15-12(18)7-9-8-21-14-16-11-4-2-3-10(11)13(19)17(9)14/h9H,2-8H2,1H3,(H,15,18)/t9-/m0/s1. The van der Waals surface area contributed by atoms with E-state index in [9.17, 15) is 9.59 Å². The highest BCUT2D eigenvalue weighted by molar-refractivity contribution is 7.99. The van der Waals surface area contributed by atoms with Crippen molar-refractivity contribution in [1.29, 1.82) is 0 Å². The molecule has 0 aromatic carbocycles. The second-order valence-electron chi connectivity index (χ2n) is 5.36. The SMILES string of the molecule is COCCNC(=O)C[C@H]1CSc2nc3c(c(=O)n21)CCC3. The Bertz CT molecular complexity index is 614. The third-order valence-electron chi connectivity index (χ3n) is 3.92. The normalized spacial score (nSPS) is 19.4. The molecular formula is C14H19N3O3S. The first-order valence-corrected chi connectivity index (χ1v) is 8.22. The molecule has 0 bridgehead atoms. The fraction of sp³-hybridized carbons (Fsp3) is 0.643. The number of thioether (sulfide) groups is 1. The van der Waals surface area contributed by atoms with Gasteiger partial charge in [-0.3, -0.25) is 14.2 Å². The average Bonchev–Trinajstić information content (AvgIpc) is 3.07. The van der Waals surface area contributed by atoms with Crippen LogP contribution in [0.2, 0.25) is 0 Å². The number of hydrogen-bond donors (Lipinski definition) is 1. The van der Waals surface area contributed by atoms with Crippen LogP contribution in [0.3, 0.4) is 0 Å². The maximum absolute atomic E-state index is 12.6. The second-order valence-corrected chi connectivity index (χ2v) is 6.35. The number of hydrogen-bond acceptors (Lipinski definition) is 5. The summed E-state index contributed by atoms with van der Waals surface area (Å²) in [7, 11) is 1.60. The lowest BCUT2D eigenvalue weighted by molar-refractivity contribution is -0.121. The van der Waals surface area contributed by atoms with Gasteiger partial charge in [-0.15, -0.1) is 0 Å². The van der Waals surface area contributed by atoms with E-state index in [-0.39, 0.29) is 17.5 Å². The van der Waals surface area contributed by atoms with Gasteiger partial charge >= 0.3 is 0 Å². The van der Waals surface area contributed by atoms with Crippen molar-refractivity contribution in [3.63, 3.8) is 0 Å². The lowest BCUT2D eigenvalue weighted by atomic mass is 10.2. The molecule has 1 aromatic rings. The van der Waals surface area contributed by atoms with Gasteiger partial charge in [-0.2, -0.15) is 0 Å². The minimum atomic E-state index is -0.0848. The molecule has 114 valence electrons. The molecule has 2 aliphatic rings. The molecule has 1 amide bonds. The summed E-state index contributed by atoms with van der Waals surface area (Å²) >= 11 is 1.57. The topological polar surface area (TPSA) is 73.2 Å². The van der Waals surface area contributed by atoms with E-state index in [4.69, 9.17) is 4.74 Å². The summed E-state index contributed by atoms with van der Waals surface area (Å²) in [6.45, 7) is 0.996. The molecule has 0 fully saturated rings. The molecule has 1 aromatic heterocycles. The molecular weight excluding hydrogens is 290 g/mol. The minimum Gasteiger partial charge on any atom is -0.383 e. The number of aromatic nitrogens is 2. The van der Waals surface area contributed by atoms with Crippen LogP contribution in [0.5, 0.6) is 0 Å². The molecule has 3 rings (SSSR count). The van der Waals surface area contributed by atoms with Crippen LogP contribution >= 0.6 is 11.8 Å². The fourth-order valence-corrected chi connectivity index (χ4v) is 4.04. The summed E-state index contributed by atoms with van der Waals surface area (Å²) in [6.07, 6.45) is 3.05. The number of carbonyl (C=O) groups excluding carboxylic acids is 1. The molecule has 0 radical (unpaired) electrons. The first-order chi connectivity index (χ1) is 10.2. The summed E-state index contributed by atoms with van der Waals surface area (Å²) in [5, 5.41) is 3.58.